The van der Waals surface area contributed by atoms with Gasteiger partial charge in [0.05, 0.1) is 6.04 Å². The first-order valence-electron chi connectivity index (χ1n) is 6.13. The molecular weight excluding hydrogens is 256 g/mol. The molecule has 0 aliphatic heterocycles. The van der Waals surface area contributed by atoms with E-state index < -0.39 is 0 Å². The number of H-pyrrole nitrogens is 1. The molecule has 0 saturated carbocycles. The average Bonchev–Trinajstić information content (AvgIpc) is 2.87. The summed E-state index contributed by atoms with van der Waals surface area (Å²) in [6.07, 6.45) is 1.96. The number of anilines is 1. The van der Waals surface area contributed by atoms with Crippen LogP contribution in [0.1, 0.15) is 17.4 Å². The van der Waals surface area contributed by atoms with Gasteiger partial charge >= 0.3 is 0 Å². The van der Waals surface area contributed by atoms with Gasteiger partial charge in [-0.15, -0.1) is 0 Å². The normalized spacial score (nSPS) is 12.7. The minimum absolute atomic E-state index is 0.231. The Morgan fingerprint density at radius 1 is 1.20 bits per heavy atom. The van der Waals surface area contributed by atoms with Crippen LogP contribution in [0.15, 0.2) is 30.6 Å². The van der Waals surface area contributed by atoms with Crippen molar-refractivity contribution in [3.05, 3.63) is 42.0 Å². The van der Waals surface area contributed by atoms with Crippen LogP contribution in [0.4, 0.5) is 5.82 Å². The number of aromatic hydroxyl groups is 1. The first-order chi connectivity index (χ1) is 9.63. The zero-order valence-corrected chi connectivity index (χ0v) is 10.6. The number of phenols is 1. The molecule has 0 fully saturated rings. The van der Waals surface area contributed by atoms with Crippen LogP contribution in [0.5, 0.6) is 5.75 Å². The fraction of sp³-hybridized carbons (Fsp3) is 0.154. The maximum Gasteiger partial charge on any atom is 0.183 e. The van der Waals surface area contributed by atoms with Gasteiger partial charge in [-0.1, -0.05) is 12.1 Å². The highest BCUT2D eigenvalue weighted by molar-refractivity contribution is 5.81. The SMILES string of the molecule is Nc1ncnc2nc(C(N)Cc3ccc(O)cc3)[nH]c12. The van der Waals surface area contributed by atoms with Crippen molar-refractivity contribution >= 4 is 17.0 Å². The highest BCUT2D eigenvalue weighted by Crippen LogP contribution is 2.20. The van der Waals surface area contributed by atoms with Crippen molar-refractivity contribution in [3.63, 3.8) is 0 Å². The molecule has 6 N–H and O–H groups in total. The van der Waals surface area contributed by atoms with E-state index in [1.165, 1.54) is 6.33 Å². The van der Waals surface area contributed by atoms with Crippen LogP contribution in [0.3, 0.4) is 0 Å². The lowest BCUT2D eigenvalue weighted by Gasteiger charge is -2.08. The Morgan fingerprint density at radius 2 is 1.95 bits per heavy atom. The van der Waals surface area contributed by atoms with Crippen LogP contribution in [0.25, 0.3) is 11.2 Å². The van der Waals surface area contributed by atoms with Gasteiger partial charge in [-0.3, -0.25) is 0 Å². The number of nitrogens with zero attached hydrogens (tertiary/aromatic N) is 3. The third-order valence-electron chi connectivity index (χ3n) is 3.08. The van der Waals surface area contributed by atoms with Crippen molar-refractivity contribution in [2.24, 2.45) is 5.73 Å². The standard InChI is InChI=1S/C13H14N6O/c14-9(5-7-1-3-8(20)4-2-7)12-18-10-11(15)16-6-17-13(10)19-12/h1-4,6,9,20H,5,14H2,(H3,15,16,17,18,19). The van der Waals surface area contributed by atoms with Gasteiger partial charge in [0.25, 0.3) is 0 Å². The molecular formula is C13H14N6O. The summed E-state index contributed by atoms with van der Waals surface area (Å²) in [7, 11) is 0. The van der Waals surface area contributed by atoms with E-state index >= 15 is 0 Å². The number of fused-ring (bicyclic) bond motifs is 1. The average molecular weight is 270 g/mol. The second-order valence-corrected chi connectivity index (χ2v) is 4.56. The minimum Gasteiger partial charge on any atom is -0.508 e. The highest BCUT2D eigenvalue weighted by Gasteiger charge is 2.14. The van der Waals surface area contributed by atoms with Gasteiger partial charge in [0, 0.05) is 0 Å². The summed E-state index contributed by atoms with van der Waals surface area (Å²) in [6, 6.07) is 6.60. The molecule has 3 aromatic rings. The summed E-state index contributed by atoms with van der Waals surface area (Å²) >= 11 is 0. The number of nitrogen functional groups attached to an aromatic ring is 1. The minimum atomic E-state index is -0.312. The topological polar surface area (TPSA) is 127 Å². The number of rotatable bonds is 3. The molecule has 20 heavy (non-hydrogen) atoms. The number of phenolic OH excluding ortho intramolecular Hbond substituents is 1. The largest absolute Gasteiger partial charge is 0.508 e. The van der Waals surface area contributed by atoms with Gasteiger partial charge < -0.3 is 21.6 Å². The number of aromatic nitrogens is 4. The van der Waals surface area contributed by atoms with Crippen LogP contribution in [-0.2, 0) is 6.42 Å². The lowest BCUT2D eigenvalue weighted by molar-refractivity contribution is 0.475. The van der Waals surface area contributed by atoms with Gasteiger partial charge in [0.15, 0.2) is 11.5 Å². The first kappa shape index (κ1) is 12.4. The molecule has 0 aliphatic carbocycles. The smallest absolute Gasteiger partial charge is 0.183 e. The molecule has 7 nitrogen and oxygen atoms in total. The zero-order chi connectivity index (χ0) is 14.1. The number of hydrogen-bond donors (Lipinski definition) is 4. The fourth-order valence-electron chi connectivity index (χ4n) is 2.02. The van der Waals surface area contributed by atoms with E-state index in [0.717, 1.165) is 5.56 Å². The number of imidazole rings is 1. The zero-order valence-electron chi connectivity index (χ0n) is 10.6. The molecule has 1 unspecified atom stereocenters. The lowest BCUT2D eigenvalue weighted by Crippen LogP contribution is -2.14. The van der Waals surface area contributed by atoms with E-state index in [4.69, 9.17) is 11.5 Å². The molecule has 2 heterocycles. The van der Waals surface area contributed by atoms with Crippen LogP contribution in [0, 0.1) is 0 Å². The molecule has 102 valence electrons. The summed E-state index contributed by atoms with van der Waals surface area (Å²) in [5.74, 6) is 1.19. The fourth-order valence-corrected chi connectivity index (χ4v) is 2.02. The monoisotopic (exact) mass is 270 g/mol. The third-order valence-corrected chi connectivity index (χ3v) is 3.08. The van der Waals surface area contributed by atoms with Gasteiger partial charge in [-0.2, -0.15) is 0 Å². The summed E-state index contributed by atoms with van der Waals surface area (Å²) in [5.41, 5.74) is 14.0. The van der Waals surface area contributed by atoms with Crippen molar-refractivity contribution < 1.29 is 5.11 Å². The lowest BCUT2D eigenvalue weighted by atomic mass is 10.1. The quantitative estimate of drug-likeness (QED) is 0.559. The maximum atomic E-state index is 9.25. The van der Waals surface area contributed by atoms with E-state index in [9.17, 15) is 5.11 Å². The van der Waals surface area contributed by atoms with Gasteiger partial charge in [0.1, 0.15) is 23.4 Å². The van der Waals surface area contributed by atoms with Crippen LogP contribution < -0.4 is 11.5 Å². The molecule has 3 rings (SSSR count). The van der Waals surface area contributed by atoms with E-state index in [-0.39, 0.29) is 11.8 Å². The van der Waals surface area contributed by atoms with Crippen LogP contribution in [0.2, 0.25) is 0 Å². The summed E-state index contributed by atoms with van der Waals surface area (Å²) < 4.78 is 0. The Kier molecular flexibility index (Phi) is 2.96. The molecule has 0 aliphatic rings. The Morgan fingerprint density at radius 3 is 2.65 bits per heavy atom. The molecule has 0 amide bonds. The first-order valence-corrected chi connectivity index (χ1v) is 6.13. The Hall–Kier alpha value is -2.67. The number of nitrogens with two attached hydrogens (primary N) is 2. The van der Waals surface area contributed by atoms with Crippen LogP contribution >= 0.6 is 0 Å². The Bertz CT molecular complexity index is 736. The van der Waals surface area contributed by atoms with Crippen molar-refractivity contribution in [2.45, 2.75) is 12.5 Å². The second-order valence-electron chi connectivity index (χ2n) is 4.56. The Balaban J connectivity index is 1.86. The van der Waals surface area contributed by atoms with E-state index in [0.29, 0.717) is 29.2 Å². The number of benzene rings is 1. The van der Waals surface area contributed by atoms with Gasteiger partial charge in [-0.05, 0) is 24.1 Å². The number of hydrogen-bond acceptors (Lipinski definition) is 6. The molecule has 0 spiro atoms. The van der Waals surface area contributed by atoms with Gasteiger partial charge in [0.2, 0.25) is 0 Å². The van der Waals surface area contributed by atoms with E-state index in [1.807, 2.05) is 12.1 Å². The Labute approximate surface area is 114 Å². The molecule has 7 heteroatoms. The predicted octanol–water partition coefficient (Wildman–Crippen LogP) is 0.883. The molecule has 0 bridgehead atoms. The van der Waals surface area contributed by atoms with Crippen molar-refractivity contribution in [3.8, 4) is 5.75 Å². The summed E-state index contributed by atoms with van der Waals surface area (Å²) in [4.78, 5) is 15.3. The molecule has 0 saturated heterocycles. The molecule has 1 atom stereocenters. The molecule has 0 radical (unpaired) electrons. The summed E-state index contributed by atoms with van der Waals surface area (Å²) in [5, 5.41) is 9.25. The maximum absolute atomic E-state index is 9.25. The van der Waals surface area contributed by atoms with E-state index in [1.54, 1.807) is 12.1 Å². The van der Waals surface area contributed by atoms with Crippen LogP contribution in [-0.4, -0.2) is 25.0 Å². The van der Waals surface area contributed by atoms with Gasteiger partial charge in [-0.25, -0.2) is 15.0 Å². The molecule has 1 aromatic carbocycles. The van der Waals surface area contributed by atoms with Crippen molar-refractivity contribution in [1.29, 1.82) is 0 Å². The predicted molar refractivity (Wildman–Crippen MR) is 74.8 cm³/mol. The number of nitrogens with one attached hydrogen (secondary N) is 1. The second kappa shape index (κ2) is 4.78. The van der Waals surface area contributed by atoms with Crippen molar-refractivity contribution in [2.75, 3.05) is 5.73 Å². The highest BCUT2D eigenvalue weighted by atomic mass is 16.3. The van der Waals surface area contributed by atoms with Crippen molar-refractivity contribution in [1.82, 2.24) is 19.9 Å². The summed E-state index contributed by atoms with van der Waals surface area (Å²) in [6.45, 7) is 0. The number of aromatic amines is 1. The van der Waals surface area contributed by atoms with E-state index in [2.05, 4.69) is 19.9 Å². The third kappa shape index (κ3) is 2.26. The molecule has 2 aromatic heterocycles.